The van der Waals surface area contributed by atoms with Gasteiger partial charge < -0.3 is 25.7 Å². The van der Waals surface area contributed by atoms with Crippen LogP contribution < -0.4 is 21.6 Å². The van der Waals surface area contributed by atoms with Gasteiger partial charge in [-0.25, -0.2) is 0 Å². The third-order valence-electron chi connectivity index (χ3n) is 4.40. The van der Waals surface area contributed by atoms with Crippen LogP contribution in [0.4, 0.5) is 0 Å². The largest absolute Gasteiger partial charge is 0.491 e. The lowest BCUT2D eigenvalue weighted by Gasteiger charge is -2.34. The van der Waals surface area contributed by atoms with Gasteiger partial charge in [0, 0.05) is 19.1 Å². The first-order chi connectivity index (χ1) is 10.4. The number of nitrogens with two attached hydrogens (primary N) is 2. The Balaban J connectivity index is 2.42. The van der Waals surface area contributed by atoms with E-state index in [0.717, 1.165) is 0 Å². The molecule has 8 heteroatoms. The fourth-order valence-electron chi connectivity index (χ4n) is 3.48. The molecule has 0 aromatic carbocycles. The third-order valence-corrected chi connectivity index (χ3v) is 4.40. The molecule has 2 amide bonds. The molecule has 0 aliphatic carbocycles. The van der Waals surface area contributed by atoms with Gasteiger partial charge in [0.15, 0.2) is 11.4 Å². The minimum atomic E-state index is -0.852. The number of amides is 2. The summed E-state index contributed by atoms with van der Waals surface area (Å²) >= 11 is 0. The zero-order chi connectivity index (χ0) is 16.2. The lowest BCUT2D eigenvalue weighted by atomic mass is 10.1. The predicted octanol–water partition coefficient (Wildman–Crippen LogP) is -0.624. The van der Waals surface area contributed by atoms with Crippen molar-refractivity contribution in [2.45, 2.75) is 25.4 Å². The highest BCUT2D eigenvalue weighted by molar-refractivity contribution is 6.00. The number of hydrogen-bond acceptors (Lipinski definition) is 5. The molecule has 3 heterocycles. The average Bonchev–Trinajstić information content (AvgIpc) is 2.78. The maximum absolute atomic E-state index is 12.6. The third kappa shape index (κ3) is 1.70. The number of ether oxygens (including phenoxy) is 1. The number of hydrogen-bond donors (Lipinski definition) is 2. The summed E-state index contributed by atoms with van der Waals surface area (Å²) < 4.78 is 6.81. The summed E-state index contributed by atoms with van der Waals surface area (Å²) in [6.45, 7) is 2.88. The monoisotopic (exact) mass is 306 g/mol. The molecule has 2 atom stereocenters. The summed E-state index contributed by atoms with van der Waals surface area (Å²) in [5.74, 6) is -1.28. The van der Waals surface area contributed by atoms with Gasteiger partial charge >= 0.3 is 0 Å². The lowest BCUT2D eigenvalue weighted by Crippen LogP contribution is -2.44. The second-order valence-corrected chi connectivity index (χ2v) is 5.55. The lowest BCUT2D eigenvalue weighted by molar-refractivity contribution is 0.0675. The standard InChI is InChI=1S/C14H18N4O4/c1-3-17-5-6-4-7(15)9-8(13(16)20)11(19)12(22-2)10(14(17)21)18(6)9/h6-7H,3-5,15H2,1-2H3,(H2,16,20)/t6-,7?/m1/s1. The molecule has 0 radical (unpaired) electrons. The van der Waals surface area contributed by atoms with Crippen LogP contribution in [0.15, 0.2) is 4.79 Å². The summed E-state index contributed by atoms with van der Waals surface area (Å²) in [5, 5.41) is 0. The molecule has 8 nitrogen and oxygen atoms in total. The van der Waals surface area contributed by atoms with Crippen LogP contribution in [0.1, 0.15) is 52.0 Å². The summed E-state index contributed by atoms with van der Waals surface area (Å²) in [5.41, 5.74) is 11.1. The summed E-state index contributed by atoms with van der Waals surface area (Å²) in [6, 6.07) is -0.584. The first-order valence-corrected chi connectivity index (χ1v) is 7.13. The van der Waals surface area contributed by atoms with Crippen LogP contribution in [0, 0.1) is 0 Å². The van der Waals surface area contributed by atoms with Crippen LogP contribution >= 0.6 is 0 Å². The van der Waals surface area contributed by atoms with Crippen LogP contribution in [-0.2, 0) is 0 Å². The molecule has 3 rings (SSSR count). The van der Waals surface area contributed by atoms with Crippen molar-refractivity contribution in [1.82, 2.24) is 9.47 Å². The molecule has 1 aromatic heterocycles. The van der Waals surface area contributed by atoms with Crippen molar-refractivity contribution in [3.63, 3.8) is 0 Å². The van der Waals surface area contributed by atoms with Crippen molar-refractivity contribution in [2.24, 2.45) is 11.5 Å². The number of aromatic nitrogens is 1. The normalized spacial score (nSPS) is 22.7. The van der Waals surface area contributed by atoms with Crippen LogP contribution in [0.5, 0.6) is 5.75 Å². The second-order valence-electron chi connectivity index (χ2n) is 5.55. The van der Waals surface area contributed by atoms with Crippen molar-refractivity contribution in [3.8, 4) is 5.75 Å². The van der Waals surface area contributed by atoms with E-state index in [4.69, 9.17) is 16.2 Å². The Labute approximate surface area is 126 Å². The van der Waals surface area contributed by atoms with Crippen LogP contribution in [0.25, 0.3) is 0 Å². The Morgan fingerprint density at radius 1 is 1.41 bits per heavy atom. The Bertz CT molecular complexity index is 739. The number of methoxy groups -OCH3 is 1. The van der Waals surface area contributed by atoms with Gasteiger partial charge in [0.25, 0.3) is 11.8 Å². The van der Waals surface area contributed by atoms with Gasteiger partial charge in [0.1, 0.15) is 5.56 Å². The number of carbonyl (C=O) groups is 2. The highest BCUT2D eigenvalue weighted by Gasteiger charge is 2.43. The molecule has 0 saturated carbocycles. The highest BCUT2D eigenvalue weighted by Crippen LogP contribution is 2.40. The summed E-state index contributed by atoms with van der Waals surface area (Å²) in [6.07, 6.45) is 0.545. The first kappa shape index (κ1) is 14.6. The van der Waals surface area contributed by atoms with E-state index in [1.807, 2.05) is 6.92 Å². The quantitative estimate of drug-likeness (QED) is 0.770. The molecule has 22 heavy (non-hydrogen) atoms. The number of pyridine rings is 1. The minimum absolute atomic E-state index is 0.0785. The second kappa shape index (κ2) is 4.84. The predicted molar refractivity (Wildman–Crippen MR) is 77.9 cm³/mol. The van der Waals surface area contributed by atoms with Gasteiger partial charge in [-0.1, -0.05) is 0 Å². The SMILES string of the molecule is CCN1C[C@H]2CC(N)c3c(C(N)=O)c(=O)c(OC)c(n32)C1=O. The van der Waals surface area contributed by atoms with E-state index in [0.29, 0.717) is 25.2 Å². The summed E-state index contributed by atoms with van der Waals surface area (Å²) in [4.78, 5) is 38.5. The van der Waals surface area contributed by atoms with E-state index in [2.05, 4.69) is 0 Å². The maximum Gasteiger partial charge on any atom is 0.274 e. The Morgan fingerprint density at radius 3 is 2.64 bits per heavy atom. The first-order valence-electron chi connectivity index (χ1n) is 7.13. The van der Waals surface area contributed by atoms with Gasteiger partial charge in [-0.05, 0) is 13.3 Å². The van der Waals surface area contributed by atoms with Gasteiger partial charge in [0.05, 0.1) is 18.8 Å². The van der Waals surface area contributed by atoms with Gasteiger partial charge in [-0.2, -0.15) is 0 Å². The Kier molecular flexibility index (Phi) is 3.21. The number of primary amides is 1. The number of nitrogens with zero attached hydrogens (tertiary/aromatic N) is 2. The molecule has 1 aromatic rings. The zero-order valence-electron chi connectivity index (χ0n) is 12.5. The summed E-state index contributed by atoms with van der Waals surface area (Å²) in [7, 11) is 1.30. The fraction of sp³-hybridized carbons (Fsp3) is 0.500. The van der Waals surface area contributed by atoms with Crippen LogP contribution in [0.2, 0.25) is 0 Å². The van der Waals surface area contributed by atoms with Crippen molar-refractivity contribution < 1.29 is 14.3 Å². The molecule has 2 aliphatic rings. The van der Waals surface area contributed by atoms with Gasteiger partial charge in [-0.3, -0.25) is 14.4 Å². The van der Waals surface area contributed by atoms with Crippen LogP contribution in [-0.4, -0.2) is 41.5 Å². The number of likely N-dealkylation sites (N-methyl/N-ethyl adjacent to an activating group) is 1. The molecule has 0 fully saturated rings. The smallest absolute Gasteiger partial charge is 0.274 e. The van der Waals surface area contributed by atoms with E-state index >= 15 is 0 Å². The molecule has 118 valence electrons. The van der Waals surface area contributed by atoms with Gasteiger partial charge in [0.2, 0.25) is 5.43 Å². The molecule has 0 saturated heterocycles. The molecule has 1 unspecified atom stereocenters. The molecular formula is C14H18N4O4. The molecule has 0 spiro atoms. The molecule has 2 aliphatic heterocycles. The molecule has 0 bridgehead atoms. The van der Waals surface area contributed by atoms with E-state index in [9.17, 15) is 14.4 Å². The molecular weight excluding hydrogens is 288 g/mol. The van der Waals surface area contributed by atoms with Crippen molar-refractivity contribution in [3.05, 3.63) is 27.2 Å². The number of carbonyl (C=O) groups excluding carboxylic acids is 2. The Hall–Kier alpha value is -2.35. The van der Waals surface area contributed by atoms with Crippen molar-refractivity contribution >= 4 is 11.8 Å². The fourth-order valence-corrected chi connectivity index (χ4v) is 3.48. The average molecular weight is 306 g/mol. The van der Waals surface area contributed by atoms with Crippen LogP contribution in [0.3, 0.4) is 0 Å². The van der Waals surface area contributed by atoms with Crippen molar-refractivity contribution in [1.29, 1.82) is 0 Å². The van der Waals surface area contributed by atoms with E-state index < -0.39 is 17.4 Å². The zero-order valence-corrected chi connectivity index (χ0v) is 12.5. The van der Waals surface area contributed by atoms with E-state index in [-0.39, 0.29) is 29.0 Å². The minimum Gasteiger partial charge on any atom is -0.491 e. The van der Waals surface area contributed by atoms with E-state index in [1.54, 1.807) is 9.47 Å². The highest BCUT2D eigenvalue weighted by atomic mass is 16.5. The van der Waals surface area contributed by atoms with E-state index in [1.165, 1.54) is 7.11 Å². The Morgan fingerprint density at radius 2 is 2.09 bits per heavy atom. The van der Waals surface area contributed by atoms with Gasteiger partial charge in [-0.15, -0.1) is 0 Å². The number of rotatable bonds is 3. The maximum atomic E-state index is 12.6. The topological polar surface area (TPSA) is 121 Å². The molecule has 4 N–H and O–H groups in total. The van der Waals surface area contributed by atoms with Crippen molar-refractivity contribution in [2.75, 3.05) is 20.2 Å².